The monoisotopic (exact) mass is 433 g/mol. The number of hydrogen-bond donors (Lipinski definition) is 1. The van der Waals surface area contributed by atoms with E-state index in [0.29, 0.717) is 34.6 Å². The maximum absolute atomic E-state index is 12.9. The minimum Gasteiger partial charge on any atom is -0.462 e. The minimum atomic E-state index is -0.514. The van der Waals surface area contributed by atoms with Gasteiger partial charge >= 0.3 is 5.97 Å². The van der Waals surface area contributed by atoms with Crippen LogP contribution in [0, 0.1) is 0 Å². The van der Waals surface area contributed by atoms with Crippen molar-refractivity contribution in [3.05, 3.63) is 83.6 Å². The molecule has 1 aliphatic rings. The number of amides is 1. The van der Waals surface area contributed by atoms with E-state index in [1.165, 1.54) is 12.5 Å². The number of carbonyl (C=O) groups excluding carboxylic acids is 2. The Morgan fingerprint density at radius 3 is 2.69 bits per heavy atom. The van der Waals surface area contributed by atoms with Crippen molar-refractivity contribution < 1.29 is 23.8 Å². The predicted octanol–water partition coefficient (Wildman–Crippen LogP) is 3.58. The molecule has 2 aromatic carbocycles. The van der Waals surface area contributed by atoms with Crippen LogP contribution in [0.1, 0.15) is 33.2 Å². The molecule has 164 valence electrons. The smallest absolute Gasteiger partial charge is 0.341 e. The Balaban J connectivity index is 1.96. The van der Waals surface area contributed by atoms with Crippen molar-refractivity contribution in [1.29, 1.82) is 0 Å². The van der Waals surface area contributed by atoms with Gasteiger partial charge in [0.2, 0.25) is 12.7 Å². The summed E-state index contributed by atoms with van der Waals surface area (Å²) in [4.78, 5) is 31.5. The first-order valence-electron chi connectivity index (χ1n) is 10.2. The third kappa shape index (κ3) is 4.20. The maximum Gasteiger partial charge on any atom is 0.341 e. The highest BCUT2D eigenvalue weighted by Gasteiger charge is 2.27. The van der Waals surface area contributed by atoms with Crippen LogP contribution in [0.5, 0.6) is 0 Å². The average molecular weight is 433 g/mol. The molecule has 0 bridgehead atoms. The van der Waals surface area contributed by atoms with E-state index in [2.05, 4.69) is 10.3 Å². The fourth-order valence-corrected chi connectivity index (χ4v) is 3.52. The van der Waals surface area contributed by atoms with Crippen LogP contribution in [0.3, 0.4) is 0 Å². The quantitative estimate of drug-likeness (QED) is 0.570. The topological polar surface area (TPSA) is 90.0 Å². The average Bonchev–Trinajstić information content (AvgIpc) is 3.36. The molecule has 0 radical (unpaired) electrons. The van der Waals surface area contributed by atoms with Gasteiger partial charge in [-0.05, 0) is 30.7 Å². The van der Waals surface area contributed by atoms with Gasteiger partial charge in [-0.1, -0.05) is 30.3 Å². The van der Waals surface area contributed by atoms with Crippen LogP contribution in [-0.2, 0) is 20.8 Å². The number of aromatic nitrogens is 1. The number of nitrogens with one attached hydrogen (secondary N) is 1. The van der Waals surface area contributed by atoms with Crippen LogP contribution < -0.4 is 10.2 Å². The van der Waals surface area contributed by atoms with Gasteiger partial charge in [-0.3, -0.25) is 9.78 Å². The van der Waals surface area contributed by atoms with Crippen molar-refractivity contribution >= 4 is 28.5 Å². The van der Waals surface area contributed by atoms with Gasteiger partial charge in [0.25, 0.3) is 5.91 Å². The van der Waals surface area contributed by atoms with Gasteiger partial charge < -0.3 is 24.4 Å². The molecule has 0 atom stereocenters. The number of fused-ring (bicyclic) bond motifs is 1. The van der Waals surface area contributed by atoms with Crippen molar-refractivity contribution in [3.8, 4) is 0 Å². The summed E-state index contributed by atoms with van der Waals surface area (Å²) >= 11 is 0. The zero-order valence-electron chi connectivity index (χ0n) is 17.8. The van der Waals surface area contributed by atoms with Crippen molar-refractivity contribution in [2.45, 2.75) is 13.5 Å². The fraction of sp³-hybridized carbons (Fsp3) is 0.208. The summed E-state index contributed by atoms with van der Waals surface area (Å²) in [6, 6.07) is 14.9. The summed E-state index contributed by atoms with van der Waals surface area (Å²) in [6.45, 7) is 2.43. The van der Waals surface area contributed by atoms with E-state index in [9.17, 15) is 9.59 Å². The van der Waals surface area contributed by atoms with Gasteiger partial charge in [-0.2, -0.15) is 0 Å². The maximum atomic E-state index is 12.9. The molecule has 8 nitrogen and oxygen atoms in total. The summed E-state index contributed by atoms with van der Waals surface area (Å²) in [6.07, 6.45) is 3.00. The number of esters is 1. The van der Waals surface area contributed by atoms with Gasteiger partial charge in [0, 0.05) is 24.2 Å². The minimum absolute atomic E-state index is 0.0713. The number of ether oxygens (including phenoxy) is 3. The number of benzene rings is 2. The molecule has 1 aliphatic heterocycles. The lowest BCUT2D eigenvalue weighted by Gasteiger charge is -2.27. The Labute approximate surface area is 185 Å². The zero-order chi connectivity index (χ0) is 22.5. The first-order valence-corrected chi connectivity index (χ1v) is 10.2. The molecule has 1 aromatic heterocycles. The fourth-order valence-electron chi connectivity index (χ4n) is 3.52. The van der Waals surface area contributed by atoms with Gasteiger partial charge in [0.05, 0.1) is 24.4 Å². The summed E-state index contributed by atoms with van der Waals surface area (Å²) in [7, 11) is 1.57. The summed E-state index contributed by atoms with van der Waals surface area (Å²) in [5.74, 6) is -0.314. The first kappa shape index (κ1) is 21.2. The largest absolute Gasteiger partial charge is 0.462 e. The van der Waals surface area contributed by atoms with Crippen LogP contribution in [0.15, 0.2) is 66.9 Å². The third-order valence-electron chi connectivity index (χ3n) is 5.00. The molecule has 2 heterocycles. The number of nitrogens with zero attached hydrogens (tertiary/aromatic N) is 2. The highest BCUT2D eigenvalue weighted by Crippen LogP contribution is 2.35. The van der Waals surface area contributed by atoms with Crippen LogP contribution in [-0.4, -0.2) is 37.3 Å². The van der Waals surface area contributed by atoms with Gasteiger partial charge in [0.15, 0.2) is 0 Å². The Morgan fingerprint density at radius 1 is 1.19 bits per heavy atom. The lowest BCUT2D eigenvalue weighted by molar-refractivity contribution is 0.0526. The molecule has 1 amide bonds. The van der Waals surface area contributed by atoms with Gasteiger partial charge in [-0.15, -0.1) is 0 Å². The van der Waals surface area contributed by atoms with Crippen LogP contribution in [0.2, 0.25) is 0 Å². The molecule has 4 rings (SSSR count). The molecule has 1 N–H and O–H groups in total. The van der Waals surface area contributed by atoms with Crippen LogP contribution in [0.4, 0.5) is 5.69 Å². The second-order valence-electron chi connectivity index (χ2n) is 7.01. The Hall–Kier alpha value is -4.07. The highest BCUT2D eigenvalue weighted by molar-refractivity contribution is 6.08. The van der Waals surface area contributed by atoms with Crippen LogP contribution >= 0.6 is 0 Å². The van der Waals surface area contributed by atoms with Gasteiger partial charge in [-0.25, -0.2) is 4.79 Å². The normalized spacial score (nSPS) is 12.5. The predicted molar refractivity (Wildman–Crippen MR) is 119 cm³/mol. The first-order chi connectivity index (χ1) is 15.6. The molecule has 0 spiro atoms. The van der Waals surface area contributed by atoms with Crippen LogP contribution in [0.25, 0.3) is 10.9 Å². The number of anilines is 1. The second-order valence-corrected chi connectivity index (χ2v) is 7.01. The molecule has 3 aromatic rings. The number of pyridine rings is 1. The van der Waals surface area contributed by atoms with Crippen molar-refractivity contribution in [2.24, 2.45) is 0 Å². The standard InChI is InChI=1S/C24H23N3O5/c1-3-31-24(29)19-12-26-20-10-9-17(23(28)25-2)11-18(20)22(19)27(21-14-30-15-32-21)13-16-7-5-4-6-8-16/h4-12,14H,3,13,15H2,1-2H3,(H,25,28). The number of rotatable bonds is 7. The summed E-state index contributed by atoms with van der Waals surface area (Å²) in [5.41, 5.74) is 2.85. The molecule has 0 aliphatic carbocycles. The molecular formula is C24H23N3O5. The molecule has 0 saturated carbocycles. The van der Waals surface area contributed by atoms with Crippen molar-refractivity contribution in [2.75, 3.05) is 25.3 Å². The molecule has 0 saturated heterocycles. The SMILES string of the molecule is CCOC(=O)c1cnc2ccc(C(=O)NC)cc2c1N(Cc1ccccc1)C1=COCO1. The number of hydrogen-bond acceptors (Lipinski definition) is 7. The lowest BCUT2D eigenvalue weighted by Crippen LogP contribution is -2.26. The number of carbonyl (C=O) groups is 2. The molecule has 0 fully saturated rings. The third-order valence-corrected chi connectivity index (χ3v) is 5.00. The lowest BCUT2D eigenvalue weighted by atomic mass is 10.0. The van der Waals surface area contributed by atoms with E-state index < -0.39 is 5.97 Å². The Kier molecular flexibility index (Phi) is 6.21. The molecular weight excluding hydrogens is 410 g/mol. The van der Waals surface area contributed by atoms with Crippen molar-refractivity contribution in [1.82, 2.24) is 10.3 Å². The molecule has 8 heteroatoms. The summed E-state index contributed by atoms with van der Waals surface area (Å²) < 4.78 is 16.3. The second kappa shape index (κ2) is 9.38. The van der Waals surface area contributed by atoms with E-state index in [1.54, 1.807) is 32.2 Å². The Morgan fingerprint density at radius 2 is 2.00 bits per heavy atom. The van der Waals surface area contributed by atoms with E-state index in [-0.39, 0.29) is 24.9 Å². The van der Waals surface area contributed by atoms with Crippen molar-refractivity contribution in [3.63, 3.8) is 0 Å². The summed E-state index contributed by atoms with van der Waals surface area (Å²) in [5, 5.41) is 3.24. The Bertz CT molecular complexity index is 1180. The molecule has 0 unspecified atom stereocenters. The van der Waals surface area contributed by atoms with E-state index in [1.807, 2.05) is 35.2 Å². The van der Waals surface area contributed by atoms with Gasteiger partial charge in [0.1, 0.15) is 11.8 Å². The van der Waals surface area contributed by atoms with E-state index >= 15 is 0 Å². The highest BCUT2D eigenvalue weighted by atomic mass is 16.7. The van der Waals surface area contributed by atoms with E-state index in [0.717, 1.165) is 5.56 Å². The van der Waals surface area contributed by atoms with E-state index in [4.69, 9.17) is 14.2 Å². The zero-order valence-corrected chi connectivity index (χ0v) is 17.8. The molecule has 32 heavy (non-hydrogen) atoms.